The average molecular weight is 230 g/mol. The Hall–Kier alpha value is -0.990. The molecular formula is C13H17F3. The summed E-state index contributed by atoms with van der Waals surface area (Å²) < 4.78 is 41.2. The Morgan fingerprint density at radius 2 is 1.50 bits per heavy atom. The van der Waals surface area contributed by atoms with Gasteiger partial charge < -0.3 is 0 Å². The summed E-state index contributed by atoms with van der Waals surface area (Å²) in [6.07, 6.45) is 0. The molecule has 0 aliphatic heterocycles. The molecule has 0 saturated heterocycles. The highest BCUT2D eigenvalue weighted by Gasteiger charge is 2.28. The maximum absolute atomic E-state index is 13.8. The van der Waals surface area contributed by atoms with Gasteiger partial charge in [-0.05, 0) is 23.0 Å². The van der Waals surface area contributed by atoms with Crippen LogP contribution in [0.3, 0.4) is 0 Å². The molecular weight excluding hydrogens is 213 g/mol. The molecule has 0 amide bonds. The van der Waals surface area contributed by atoms with E-state index in [0.29, 0.717) is 0 Å². The molecule has 16 heavy (non-hydrogen) atoms. The van der Waals surface area contributed by atoms with Crippen LogP contribution in [0.25, 0.3) is 0 Å². The lowest BCUT2D eigenvalue weighted by Gasteiger charge is -2.22. The monoisotopic (exact) mass is 230 g/mol. The fourth-order valence-corrected chi connectivity index (χ4v) is 1.72. The fourth-order valence-electron chi connectivity index (χ4n) is 1.72. The predicted molar refractivity (Wildman–Crippen MR) is 59.1 cm³/mol. The number of benzene rings is 1. The second-order valence-electron chi connectivity index (χ2n) is 5.36. The van der Waals surface area contributed by atoms with Gasteiger partial charge in [0.2, 0.25) is 0 Å². The maximum Gasteiger partial charge on any atom is 0.165 e. The summed E-state index contributed by atoms with van der Waals surface area (Å²) in [5, 5.41) is 0. The summed E-state index contributed by atoms with van der Waals surface area (Å²) in [6.45, 7) is 8.37. The SMILES string of the molecule is CC(C)c1cc(F)c(C(C)(C)C)c(F)c1F. The highest BCUT2D eigenvalue weighted by molar-refractivity contribution is 5.33. The standard InChI is InChI=1S/C13H17F3/c1-7(2)8-6-9(14)10(13(3,4)5)12(16)11(8)15/h6-7H,1-5H3. The molecule has 90 valence electrons. The number of hydrogen-bond acceptors (Lipinski definition) is 0. The molecule has 0 nitrogen and oxygen atoms in total. The molecule has 0 saturated carbocycles. The minimum absolute atomic E-state index is 0.0861. The van der Waals surface area contributed by atoms with Crippen LogP contribution in [-0.4, -0.2) is 0 Å². The first-order valence-electron chi connectivity index (χ1n) is 5.34. The topological polar surface area (TPSA) is 0 Å². The Labute approximate surface area is 94.5 Å². The zero-order valence-electron chi connectivity index (χ0n) is 10.3. The van der Waals surface area contributed by atoms with E-state index in [1.54, 1.807) is 34.6 Å². The van der Waals surface area contributed by atoms with Crippen LogP contribution < -0.4 is 0 Å². The van der Waals surface area contributed by atoms with E-state index in [1.165, 1.54) is 0 Å². The van der Waals surface area contributed by atoms with Crippen molar-refractivity contribution in [2.24, 2.45) is 0 Å². The predicted octanol–water partition coefficient (Wildman–Crippen LogP) is 4.52. The molecule has 1 rings (SSSR count). The van der Waals surface area contributed by atoms with Crippen molar-refractivity contribution in [3.63, 3.8) is 0 Å². The van der Waals surface area contributed by atoms with Gasteiger partial charge in [-0.3, -0.25) is 0 Å². The van der Waals surface area contributed by atoms with Gasteiger partial charge in [0.1, 0.15) is 5.82 Å². The van der Waals surface area contributed by atoms with E-state index in [4.69, 9.17) is 0 Å². The van der Waals surface area contributed by atoms with Crippen LogP contribution in [0.2, 0.25) is 0 Å². The minimum atomic E-state index is -1.06. The molecule has 3 heteroatoms. The summed E-state index contributed by atoms with van der Waals surface area (Å²) >= 11 is 0. The zero-order valence-corrected chi connectivity index (χ0v) is 10.3. The fraction of sp³-hybridized carbons (Fsp3) is 0.538. The molecule has 0 aliphatic rings. The van der Waals surface area contributed by atoms with E-state index < -0.39 is 22.9 Å². The van der Waals surface area contributed by atoms with Crippen LogP contribution >= 0.6 is 0 Å². The van der Waals surface area contributed by atoms with Gasteiger partial charge in [0.05, 0.1) is 0 Å². The maximum atomic E-state index is 13.8. The second kappa shape index (κ2) is 4.11. The van der Waals surface area contributed by atoms with Gasteiger partial charge >= 0.3 is 0 Å². The van der Waals surface area contributed by atoms with Gasteiger partial charge in [-0.25, -0.2) is 13.2 Å². The van der Waals surface area contributed by atoms with E-state index in [9.17, 15) is 13.2 Å². The first-order chi connectivity index (χ1) is 7.16. The molecule has 0 aromatic heterocycles. The molecule has 1 aromatic rings. The molecule has 0 heterocycles. The first kappa shape index (κ1) is 13.1. The summed E-state index contributed by atoms with van der Waals surface area (Å²) in [7, 11) is 0. The van der Waals surface area contributed by atoms with Crippen LogP contribution in [-0.2, 0) is 5.41 Å². The van der Waals surface area contributed by atoms with Gasteiger partial charge in [0.25, 0.3) is 0 Å². The Bertz CT molecular complexity index is 401. The lowest BCUT2D eigenvalue weighted by atomic mass is 9.84. The van der Waals surface area contributed by atoms with Crippen molar-refractivity contribution in [1.82, 2.24) is 0 Å². The largest absolute Gasteiger partial charge is 0.207 e. The van der Waals surface area contributed by atoms with E-state index in [-0.39, 0.29) is 17.0 Å². The lowest BCUT2D eigenvalue weighted by Crippen LogP contribution is -2.18. The molecule has 0 aliphatic carbocycles. The van der Waals surface area contributed by atoms with Gasteiger partial charge in [-0.1, -0.05) is 34.6 Å². The Kier molecular flexibility index (Phi) is 3.36. The molecule has 0 radical (unpaired) electrons. The highest BCUT2D eigenvalue weighted by Crippen LogP contribution is 2.32. The highest BCUT2D eigenvalue weighted by atomic mass is 19.2. The number of rotatable bonds is 1. The average Bonchev–Trinajstić information content (AvgIpc) is 2.08. The third-order valence-electron chi connectivity index (χ3n) is 2.56. The molecule has 0 spiro atoms. The Morgan fingerprint density at radius 1 is 1.00 bits per heavy atom. The zero-order chi connectivity index (χ0) is 12.7. The second-order valence-corrected chi connectivity index (χ2v) is 5.36. The van der Waals surface area contributed by atoms with Gasteiger partial charge in [-0.15, -0.1) is 0 Å². The number of halogens is 3. The van der Waals surface area contributed by atoms with Gasteiger partial charge in [-0.2, -0.15) is 0 Å². The molecule has 0 N–H and O–H groups in total. The Balaban J connectivity index is 3.53. The van der Waals surface area contributed by atoms with Crippen LogP contribution in [0.1, 0.15) is 51.7 Å². The third-order valence-corrected chi connectivity index (χ3v) is 2.56. The first-order valence-corrected chi connectivity index (χ1v) is 5.34. The van der Waals surface area contributed by atoms with Crippen LogP contribution in [0.5, 0.6) is 0 Å². The van der Waals surface area contributed by atoms with Crippen molar-refractivity contribution in [2.45, 2.75) is 46.0 Å². The van der Waals surface area contributed by atoms with Crippen LogP contribution in [0.15, 0.2) is 6.07 Å². The van der Waals surface area contributed by atoms with Crippen LogP contribution in [0.4, 0.5) is 13.2 Å². The van der Waals surface area contributed by atoms with Crippen LogP contribution in [0, 0.1) is 17.5 Å². The quantitative estimate of drug-likeness (QED) is 0.622. The normalized spacial score (nSPS) is 12.3. The molecule has 0 fully saturated rings. The van der Waals surface area contributed by atoms with E-state index in [0.717, 1.165) is 6.07 Å². The summed E-state index contributed by atoms with van der Waals surface area (Å²) in [5.41, 5.74) is -0.845. The molecule has 0 unspecified atom stereocenters. The van der Waals surface area contributed by atoms with E-state index in [1.807, 2.05) is 0 Å². The van der Waals surface area contributed by atoms with E-state index >= 15 is 0 Å². The molecule has 0 bridgehead atoms. The van der Waals surface area contributed by atoms with Gasteiger partial charge in [0, 0.05) is 5.56 Å². The van der Waals surface area contributed by atoms with Crippen molar-refractivity contribution in [1.29, 1.82) is 0 Å². The molecule has 0 atom stereocenters. The van der Waals surface area contributed by atoms with Crippen molar-refractivity contribution < 1.29 is 13.2 Å². The van der Waals surface area contributed by atoms with Crippen molar-refractivity contribution >= 4 is 0 Å². The Morgan fingerprint density at radius 3 is 1.88 bits per heavy atom. The minimum Gasteiger partial charge on any atom is -0.207 e. The van der Waals surface area contributed by atoms with Crippen molar-refractivity contribution in [3.8, 4) is 0 Å². The van der Waals surface area contributed by atoms with Crippen molar-refractivity contribution in [2.75, 3.05) is 0 Å². The van der Waals surface area contributed by atoms with Crippen molar-refractivity contribution in [3.05, 3.63) is 34.6 Å². The summed E-state index contributed by atoms with van der Waals surface area (Å²) in [5.74, 6) is -2.90. The third kappa shape index (κ3) is 2.23. The summed E-state index contributed by atoms with van der Waals surface area (Å²) in [6, 6.07) is 1.10. The number of hydrogen-bond donors (Lipinski definition) is 0. The summed E-state index contributed by atoms with van der Waals surface area (Å²) in [4.78, 5) is 0. The smallest absolute Gasteiger partial charge is 0.165 e. The van der Waals surface area contributed by atoms with Gasteiger partial charge in [0.15, 0.2) is 11.6 Å². The van der Waals surface area contributed by atoms with E-state index in [2.05, 4.69) is 0 Å². The lowest BCUT2D eigenvalue weighted by molar-refractivity contribution is 0.427. The molecule has 1 aromatic carbocycles.